The Labute approximate surface area is 113 Å². The Morgan fingerprint density at radius 3 is 2.76 bits per heavy atom. The number of rotatable bonds is 5. The molecule has 0 saturated heterocycles. The van der Waals surface area contributed by atoms with Crippen LogP contribution in [-0.4, -0.2) is 27.2 Å². The van der Waals surface area contributed by atoms with E-state index in [1.165, 1.54) is 6.92 Å². The van der Waals surface area contributed by atoms with Crippen molar-refractivity contribution in [3.63, 3.8) is 0 Å². The van der Waals surface area contributed by atoms with E-state index in [4.69, 9.17) is 0 Å². The predicted molar refractivity (Wildman–Crippen MR) is 73.2 cm³/mol. The highest BCUT2D eigenvalue weighted by atomic mass is 79.9. The Bertz CT molecular complexity index is 384. The summed E-state index contributed by atoms with van der Waals surface area (Å²) < 4.78 is 0. The minimum atomic E-state index is -0.958. The summed E-state index contributed by atoms with van der Waals surface area (Å²) in [6.45, 7) is 1.44. The molecule has 1 rings (SSSR count). The van der Waals surface area contributed by atoms with Gasteiger partial charge >= 0.3 is 0 Å². The fraction of sp³-hybridized carbons (Fsp3) is 0.417. The lowest BCUT2D eigenvalue weighted by atomic mass is 10.0. The lowest BCUT2D eigenvalue weighted by molar-refractivity contribution is -0.109. The Morgan fingerprint density at radius 1 is 1.47 bits per heavy atom. The number of carbonyl (C=O) groups is 1. The van der Waals surface area contributed by atoms with Crippen LogP contribution in [0, 0.1) is 0 Å². The molecule has 0 aliphatic heterocycles. The van der Waals surface area contributed by atoms with Gasteiger partial charge in [0.1, 0.15) is 6.10 Å². The predicted octanol–water partition coefficient (Wildman–Crippen LogP) is 2.26. The molecule has 0 saturated carbocycles. The molecular weight excluding hydrogens is 304 g/mol. The van der Waals surface area contributed by atoms with Crippen LogP contribution >= 0.6 is 27.7 Å². The molecule has 5 heteroatoms. The molecule has 0 aliphatic rings. The first-order chi connectivity index (χ1) is 8.04. The zero-order valence-electron chi connectivity index (χ0n) is 9.47. The highest BCUT2D eigenvalue weighted by Crippen LogP contribution is 2.21. The Hall–Kier alpha value is -0.360. The van der Waals surface area contributed by atoms with Gasteiger partial charge in [-0.25, -0.2) is 0 Å². The molecule has 0 fully saturated rings. The maximum absolute atomic E-state index is 10.8. The molecule has 2 atom stereocenters. The van der Waals surface area contributed by atoms with Crippen molar-refractivity contribution in [2.45, 2.75) is 24.5 Å². The number of hydrogen-bond donors (Lipinski definition) is 2. The van der Waals surface area contributed by atoms with Gasteiger partial charge in [-0.1, -0.05) is 52.0 Å². The number of hydrogen-bond acceptors (Lipinski definition) is 4. The summed E-state index contributed by atoms with van der Waals surface area (Å²) in [5.74, 6) is 0.203. The second kappa shape index (κ2) is 7.16. The fourth-order valence-electron chi connectivity index (χ4n) is 1.38. The van der Waals surface area contributed by atoms with Crippen molar-refractivity contribution in [2.75, 3.05) is 5.75 Å². The number of alkyl halides is 1. The van der Waals surface area contributed by atoms with E-state index in [9.17, 15) is 15.0 Å². The van der Waals surface area contributed by atoms with E-state index < -0.39 is 12.2 Å². The van der Waals surface area contributed by atoms with Crippen molar-refractivity contribution < 1.29 is 15.0 Å². The first-order valence-corrected chi connectivity index (χ1v) is 7.29. The summed E-state index contributed by atoms with van der Waals surface area (Å²) in [7, 11) is 0. The highest BCUT2D eigenvalue weighted by molar-refractivity contribution is 9.08. The van der Waals surface area contributed by atoms with E-state index in [1.54, 1.807) is 6.07 Å². The quantitative estimate of drug-likeness (QED) is 0.818. The minimum absolute atomic E-state index is 0.0644. The Balaban J connectivity index is 2.66. The minimum Gasteiger partial charge on any atom is -0.389 e. The molecule has 0 heterocycles. The molecule has 0 aliphatic carbocycles. The third-order valence-corrected chi connectivity index (χ3v) is 3.83. The third kappa shape index (κ3) is 4.79. The van der Waals surface area contributed by atoms with Crippen molar-refractivity contribution in [1.82, 2.24) is 0 Å². The maximum atomic E-state index is 10.8. The van der Waals surface area contributed by atoms with Crippen molar-refractivity contribution >= 4 is 32.8 Å². The second-order valence-electron chi connectivity index (χ2n) is 3.69. The smallest absolute Gasteiger partial charge is 0.185 e. The first kappa shape index (κ1) is 14.7. The lowest BCUT2D eigenvalue weighted by Crippen LogP contribution is -2.21. The van der Waals surface area contributed by atoms with Crippen LogP contribution in [0.5, 0.6) is 0 Å². The summed E-state index contributed by atoms with van der Waals surface area (Å²) in [5.41, 5.74) is 1.70. The van der Waals surface area contributed by atoms with Gasteiger partial charge in [0.05, 0.1) is 6.10 Å². The number of halogens is 1. The van der Waals surface area contributed by atoms with Gasteiger partial charge in [-0.15, -0.1) is 0 Å². The maximum Gasteiger partial charge on any atom is 0.185 e. The molecule has 0 bridgehead atoms. The number of carbonyl (C=O) groups excluding carboxylic acids is 1. The second-order valence-corrected chi connectivity index (χ2v) is 5.45. The van der Waals surface area contributed by atoms with E-state index >= 15 is 0 Å². The molecule has 94 valence electrons. The molecule has 0 aromatic heterocycles. The normalized spacial score (nSPS) is 14.4. The molecule has 1 aromatic rings. The first-order valence-electron chi connectivity index (χ1n) is 5.19. The van der Waals surface area contributed by atoms with Crippen LogP contribution < -0.4 is 0 Å². The average molecular weight is 319 g/mol. The largest absolute Gasteiger partial charge is 0.389 e. The van der Waals surface area contributed by atoms with Gasteiger partial charge in [-0.2, -0.15) is 0 Å². The van der Waals surface area contributed by atoms with E-state index in [2.05, 4.69) is 15.9 Å². The summed E-state index contributed by atoms with van der Waals surface area (Å²) in [6, 6.07) is 7.36. The van der Waals surface area contributed by atoms with E-state index in [0.717, 1.165) is 17.3 Å². The molecule has 2 N–H and O–H groups in total. The summed E-state index contributed by atoms with van der Waals surface area (Å²) in [5, 5.41) is 20.3. The van der Waals surface area contributed by atoms with Gasteiger partial charge in [0.15, 0.2) is 5.12 Å². The van der Waals surface area contributed by atoms with Gasteiger partial charge < -0.3 is 10.2 Å². The zero-order chi connectivity index (χ0) is 12.8. The lowest BCUT2D eigenvalue weighted by Gasteiger charge is -2.17. The summed E-state index contributed by atoms with van der Waals surface area (Å²) >= 11 is 4.35. The Morgan fingerprint density at radius 2 is 2.18 bits per heavy atom. The van der Waals surface area contributed by atoms with Crippen molar-refractivity contribution in [2.24, 2.45) is 0 Å². The number of thioether (sulfide) groups is 1. The summed E-state index contributed by atoms with van der Waals surface area (Å²) in [4.78, 5) is 10.8. The topological polar surface area (TPSA) is 57.5 Å². The third-order valence-electron chi connectivity index (χ3n) is 2.27. The van der Waals surface area contributed by atoms with Crippen LogP contribution in [0.25, 0.3) is 0 Å². The van der Waals surface area contributed by atoms with Gasteiger partial charge in [-0.3, -0.25) is 4.79 Å². The van der Waals surface area contributed by atoms with Gasteiger partial charge in [0.2, 0.25) is 0 Å². The molecular formula is C12H15BrO3S. The van der Waals surface area contributed by atoms with E-state index in [-0.39, 0.29) is 10.9 Å². The van der Waals surface area contributed by atoms with E-state index in [1.807, 2.05) is 18.2 Å². The molecule has 0 amide bonds. The van der Waals surface area contributed by atoms with Crippen molar-refractivity contribution in [1.29, 1.82) is 0 Å². The van der Waals surface area contributed by atoms with E-state index in [0.29, 0.717) is 10.9 Å². The SMILES string of the molecule is CC(=O)SCC(O)C(O)c1cccc(CBr)c1. The molecule has 1 aromatic carbocycles. The standard InChI is InChI=1S/C12H15BrO3S/c1-8(14)17-7-11(15)12(16)10-4-2-3-9(5-10)6-13/h2-5,11-12,15-16H,6-7H2,1H3. The van der Waals surface area contributed by atoms with Crippen LogP contribution in [0.4, 0.5) is 0 Å². The van der Waals surface area contributed by atoms with Crippen LogP contribution in [0.2, 0.25) is 0 Å². The molecule has 0 radical (unpaired) electrons. The fourth-order valence-corrected chi connectivity index (χ4v) is 2.31. The van der Waals surface area contributed by atoms with Crippen LogP contribution in [0.3, 0.4) is 0 Å². The average Bonchev–Trinajstić information content (AvgIpc) is 2.35. The number of benzene rings is 1. The number of aliphatic hydroxyl groups excluding tert-OH is 2. The van der Waals surface area contributed by atoms with Gasteiger partial charge in [0.25, 0.3) is 0 Å². The van der Waals surface area contributed by atoms with Crippen LogP contribution in [0.1, 0.15) is 24.2 Å². The monoisotopic (exact) mass is 318 g/mol. The molecule has 0 spiro atoms. The van der Waals surface area contributed by atoms with Gasteiger partial charge in [-0.05, 0) is 11.1 Å². The Kier molecular flexibility index (Phi) is 6.19. The molecule has 3 nitrogen and oxygen atoms in total. The summed E-state index contributed by atoms with van der Waals surface area (Å²) in [6.07, 6.45) is -1.89. The van der Waals surface area contributed by atoms with Gasteiger partial charge in [0, 0.05) is 18.0 Å². The van der Waals surface area contributed by atoms with Crippen molar-refractivity contribution in [3.05, 3.63) is 35.4 Å². The zero-order valence-corrected chi connectivity index (χ0v) is 11.9. The van der Waals surface area contributed by atoms with Crippen LogP contribution in [-0.2, 0) is 10.1 Å². The number of aliphatic hydroxyl groups is 2. The molecule has 2 unspecified atom stereocenters. The molecule has 17 heavy (non-hydrogen) atoms. The van der Waals surface area contributed by atoms with Crippen LogP contribution in [0.15, 0.2) is 24.3 Å². The van der Waals surface area contributed by atoms with Crippen molar-refractivity contribution in [3.8, 4) is 0 Å². The highest BCUT2D eigenvalue weighted by Gasteiger charge is 2.19.